The average Bonchev–Trinajstić information content (AvgIpc) is 3.12. The van der Waals surface area contributed by atoms with Gasteiger partial charge in [0, 0.05) is 30.6 Å². The summed E-state index contributed by atoms with van der Waals surface area (Å²) in [7, 11) is 1.85. The first-order valence-corrected chi connectivity index (χ1v) is 11.2. The standard InChI is InChI=1S/C22H24ClN5O2S/c1-15(16-6-4-3-5-7-16)25-20(29)14-31-22-27-26-19(28(22)2)12-13-24-21(30)17-8-10-18(23)11-9-17/h3-11,15H,12-14H2,1-2H3,(H,24,30)(H,25,29). The Bertz CT molecular complexity index is 1020. The number of halogens is 1. The van der Waals surface area contributed by atoms with E-state index in [9.17, 15) is 9.59 Å². The number of benzene rings is 2. The number of carbonyl (C=O) groups is 2. The van der Waals surface area contributed by atoms with Gasteiger partial charge in [-0.15, -0.1) is 10.2 Å². The molecule has 1 heterocycles. The first-order valence-electron chi connectivity index (χ1n) is 9.83. The highest BCUT2D eigenvalue weighted by atomic mass is 35.5. The second-order valence-electron chi connectivity index (χ2n) is 6.96. The van der Waals surface area contributed by atoms with E-state index in [0.717, 1.165) is 11.4 Å². The monoisotopic (exact) mass is 457 g/mol. The summed E-state index contributed by atoms with van der Waals surface area (Å²) in [6.45, 7) is 2.38. The molecule has 162 valence electrons. The number of thioether (sulfide) groups is 1. The molecule has 1 aromatic heterocycles. The lowest BCUT2D eigenvalue weighted by Crippen LogP contribution is -2.28. The predicted molar refractivity (Wildman–Crippen MR) is 122 cm³/mol. The molecule has 1 atom stereocenters. The van der Waals surface area contributed by atoms with Crippen molar-refractivity contribution in [1.29, 1.82) is 0 Å². The lowest BCUT2D eigenvalue weighted by atomic mass is 10.1. The molecule has 0 aliphatic rings. The molecule has 0 bridgehead atoms. The van der Waals surface area contributed by atoms with Gasteiger partial charge >= 0.3 is 0 Å². The van der Waals surface area contributed by atoms with E-state index >= 15 is 0 Å². The van der Waals surface area contributed by atoms with Crippen molar-refractivity contribution in [2.24, 2.45) is 7.05 Å². The number of hydrogen-bond acceptors (Lipinski definition) is 5. The van der Waals surface area contributed by atoms with Gasteiger partial charge in [-0.3, -0.25) is 9.59 Å². The van der Waals surface area contributed by atoms with Crippen LogP contribution in [-0.4, -0.2) is 38.9 Å². The molecule has 2 aromatic carbocycles. The van der Waals surface area contributed by atoms with E-state index < -0.39 is 0 Å². The van der Waals surface area contributed by atoms with E-state index in [1.807, 2.05) is 48.9 Å². The zero-order valence-corrected chi connectivity index (χ0v) is 18.9. The number of nitrogens with one attached hydrogen (secondary N) is 2. The number of nitrogens with zero attached hydrogens (tertiary/aromatic N) is 3. The van der Waals surface area contributed by atoms with Crippen molar-refractivity contribution >= 4 is 35.2 Å². The summed E-state index contributed by atoms with van der Waals surface area (Å²) in [6.07, 6.45) is 0.528. The van der Waals surface area contributed by atoms with Crippen LogP contribution < -0.4 is 10.6 Å². The zero-order valence-electron chi connectivity index (χ0n) is 17.3. The molecular weight excluding hydrogens is 434 g/mol. The highest BCUT2D eigenvalue weighted by Gasteiger charge is 2.14. The van der Waals surface area contributed by atoms with Crippen LogP contribution in [0.5, 0.6) is 0 Å². The lowest BCUT2D eigenvalue weighted by Gasteiger charge is -2.14. The fourth-order valence-electron chi connectivity index (χ4n) is 2.92. The van der Waals surface area contributed by atoms with Gasteiger partial charge in [-0.1, -0.05) is 53.7 Å². The van der Waals surface area contributed by atoms with Crippen LogP contribution in [0.1, 0.15) is 34.7 Å². The number of amides is 2. The second kappa shape index (κ2) is 11.0. The molecule has 31 heavy (non-hydrogen) atoms. The minimum Gasteiger partial charge on any atom is -0.352 e. The van der Waals surface area contributed by atoms with Crippen LogP contribution in [0.25, 0.3) is 0 Å². The lowest BCUT2D eigenvalue weighted by molar-refractivity contribution is -0.119. The minimum absolute atomic E-state index is 0.0615. The largest absolute Gasteiger partial charge is 0.352 e. The van der Waals surface area contributed by atoms with Gasteiger partial charge in [-0.25, -0.2) is 0 Å². The van der Waals surface area contributed by atoms with Crippen LogP contribution in [0.15, 0.2) is 59.8 Å². The van der Waals surface area contributed by atoms with E-state index in [4.69, 9.17) is 11.6 Å². The van der Waals surface area contributed by atoms with E-state index in [2.05, 4.69) is 20.8 Å². The molecule has 0 fully saturated rings. The molecule has 0 aliphatic carbocycles. The molecule has 3 aromatic rings. The van der Waals surface area contributed by atoms with Crippen LogP contribution in [-0.2, 0) is 18.3 Å². The van der Waals surface area contributed by atoms with Crippen molar-refractivity contribution < 1.29 is 9.59 Å². The number of rotatable bonds is 9. The first-order chi connectivity index (χ1) is 14.9. The quantitative estimate of drug-likeness (QED) is 0.481. The summed E-state index contributed by atoms with van der Waals surface area (Å²) in [6, 6.07) is 16.5. The van der Waals surface area contributed by atoms with Crippen molar-refractivity contribution in [1.82, 2.24) is 25.4 Å². The van der Waals surface area contributed by atoms with Gasteiger partial charge in [-0.2, -0.15) is 0 Å². The highest BCUT2D eigenvalue weighted by Crippen LogP contribution is 2.17. The van der Waals surface area contributed by atoms with Gasteiger partial charge in [0.2, 0.25) is 5.91 Å². The summed E-state index contributed by atoms with van der Waals surface area (Å²) < 4.78 is 1.84. The molecule has 2 N–H and O–H groups in total. The molecule has 0 spiro atoms. The van der Waals surface area contributed by atoms with Crippen LogP contribution in [0.2, 0.25) is 5.02 Å². The van der Waals surface area contributed by atoms with Crippen LogP contribution in [0, 0.1) is 0 Å². The molecule has 1 unspecified atom stereocenters. The molecule has 0 radical (unpaired) electrons. The Kier molecular flexibility index (Phi) is 8.08. The van der Waals surface area contributed by atoms with Crippen LogP contribution in [0.4, 0.5) is 0 Å². The van der Waals surface area contributed by atoms with Gasteiger partial charge in [0.25, 0.3) is 5.91 Å². The van der Waals surface area contributed by atoms with E-state index in [-0.39, 0.29) is 23.6 Å². The molecule has 0 aliphatic heterocycles. The Morgan fingerprint density at radius 2 is 1.81 bits per heavy atom. The van der Waals surface area contributed by atoms with Gasteiger partial charge in [0.05, 0.1) is 11.8 Å². The molecule has 2 amide bonds. The zero-order chi connectivity index (χ0) is 22.2. The van der Waals surface area contributed by atoms with E-state index in [1.165, 1.54) is 11.8 Å². The smallest absolute Gasteiger partial charge is 0.251 e. The van der Waals surface area contributed by atoms with Gasteiger partial charge in [0.1, 0.15) is 5.82 Å². The second-order valence-corrected chi connectivity index (χ2v) is 8.34. The summed E-state index contributed by atoms with van der Waals surface area (Å²) in [4.78, 5) is 24.4. The molecule has 0 saturated heterocycles. The van der Waals surface area contributed by atoms with Crippen LogP contribution in [0.3, 0.4) is 0 Å². The molecule has 9 heteroatoms. The topological polar surface area (TPSA) is 88.9 Å². The van der Waals surface area contributed by atoms with Crippen molar-refractivity contribution in [3.63, 3.8) is 0 Å². The average molecular weight is 458 g/mol. The Balaban J connectivity index is 1.44. The SMILES string of the molecule is CC(NC(=O)CSc1nnc(CCNC(=O)c2ccc(Cl)cc2)n1C)c1ccccc1. The fraction of sp³-hybridized carbons (Fsp3) is 0.273. The third-order valence-electron chi connectivity index (χ3n) is 4.68. The Morgan fingerprint density at radius 1 is 1.10 bits per heavy atom. The van der Waals surface area contributed by atoms with Crippen molar-refractivity contribution in [2.75, 3.05) is 12.3 Å². The maximum absolute atomic E-state index is 12.3. The first kappa shape index (κ1) is 22.8. The maximum atomic E-state index is 12.3. The summed E-state index contributed by atoms with van der Waals surface area (Å²) >= 11 is 7.17. The number of aromatic nitrogens is 3. The molecular formula is C22H24ClN5O2S. The summed E-state index contributed by atoms with van der Waals surface area (Å²) in [5, 5.41) is 15.4. The van der Waals surface area contributed by atoms with Crippen LogP contribution >= 0.6 is 23.4 Å². The molecule has 0 saturated carbocycles. The third-order valence-corrected chi connectivity index (χ3v) is 5.95. The highest BCUT2D eigenvalue weighted by molar-refractivity contribution is 7.99. The molecule has 7 nitrogen and oxygen atoms in total. The number of hydrogen-bond donors (Lipinski definition) is 2. The summed E-state index contributed by atoms with van der Waals surface area (Å²) in [5.74, 6) is 0.743. The predicted octanol–water partition coefficient (Wildman–Crippen LogP) is 3.41. The number of carbonyl (C=O) groups excluding carboxylic acids is 2. The Labute approximate surface area is 190 Å². The maximum Gasteiger partial charge on any atom is 0.251 e. The van der Waals surface area contributed by atoms with Gasteiger partial charge < -0.3 is 15.2 Å². The van der Waals surface area contributed by atoms with Gasteiger partial charge in [-0.05, 0) is 36.8 Å². The molecule has 3 rings (SSSR count). The van der Waals surface area contributed by atoms with Gasteiger partial charge in [0.15, 0.2) is 5.16 Å². The fourth-order valence-corrected chi connectivity index (χ4v) is 3.79. The Hall–Kier alpha value is -2.84. The van der Waals surface area contributed by atoms with Crippen molar-refractivity contribution in [3.05, 3.63) is 76.6 Å². The van der Waals surface area contributed by atoms with Crippen molar-refractivity contribution in [2.45, 2.75) is 24.5 Å². The summed E-state index contributed by atoms with van der Waals surface area (Å²) in [5.41, 5.74) is 1.61. The van der Waals surface area contributed by atoms with E-state index in [0.29, 0.717) is 28.7 Å². The Morgan fingerprint density at radius 3 is 2.52 bits per heavy atom. The van der Waals surface area contributed by atoms with E-state index in [1.54, 1.807) is 24.3 Å². The normalized spacial score (nSPS) is 11.7. The van der Waals surface area contributed by atoms with Crippen molar-refractivity contribution in [3.8, 4) is 0 Å². The minimum atomic E-state index is -0.169. The third kappa shape index (κ3) is 6.57.